The first kappa shape index (κ1) is 14.4. The van der Waals surface area contributed by atoms with E-state index in [0.29, 0.717) is 23.7 Å². The summed E-state index contributed by atoms with van der Waals surface area (Å²) >= 11 is 6.16. The highest BCUT2D eigenvalue weighted by Gasteiger charge is 2.05. The van der Waals surface area contributed by atoms with Crippen molar-refractivity contribution in [1.29, 1.82) is 0 Å². The van der Waals surface area contributed by atoms with E-state index in [4.69, 9.17) is 22.5 Å². The molecule has 7 heteroatoms. The normalized spacial score (nSPS) is 11.8. The first-order valence-corrected chi connectivity index (χ1v) is 6.43. The lowest BCUT2D eigenvalue weighted by atomic mass is 10.1. The maximum Gasteiger partial charge on any atom is 0.170 e. The van der Waals surface area contributed by atoms with Crippen molar-refractivity contribution in [2.75, 3.05) is 0 Å². The lowest BCUT2D eigenvalue weighted by Crippen LogP contribution is -2.15. The van der Waals surface area contributed by atoms with Crippen LogP contribution >= 0.6 is 11.6 Å². The molecule has 1 aromatic carbocycles. The fourth-order valence-corrected chi connectivity index (χ4v) is 2.04. The zero-order chi connectivity index (χ0) is 14.5. The van der Waals surface area contributed by atoms with E-state index in [1.807, 2.05) is 25.4 Å². The van der Waals surface area contributed by atoms with Gasteiger partial charge < -0.3 is 16.3 Å². The third kappa shape index (κ3) is 3.49. The van der Waals surface area contributed by atoms with Gasteiger partial charge in [0, 0.05) is 36.9 Å². The second-order valence-electron chi connectivity index (χ2n) is 4.38. The Hall–Kier alpha value is -2.05. The smallest absolute Gasteiger partial charge is 0.170 e. The predicted octanol–water partition coefficient (Wildman–Crippen LogP) is 1.46. The molecule has 0 aliphatic heterocycles. The van der Waals surface area contributed by atoms with Crippen molar-refractivity contribution in [3.8, 4) is 0 Å². The molecule has 4 N–H and O–H groups in total. The van der Waals surface area contributed by atoms with Gasteiger partial charge in [0.1, 0.15) is 0 Å². The molecule has 0 saturated heterocycles. The van der Waals surface area contributed by atoms with E-state index in [-0.39, 0.29) is 5.84 Å². The number of hydrogen-bond donors (Lipinski definition) is 3. The van der Waals surface area contributed by atoms with E-state index in [1.165, 1.54) is 0 Å². The quantitative estimate of drug-likeness (QED) is 0.337. The molecule has 0 amide bonds. The Balaban J connectivity index is 1.96. The number of halogens is 1. The molecular formula is C13H16ClN5O. The molecule has 6 nitrogen and oxygen atoms in total. The Kier molecular flexibility index (Phi) is 4.60. The van der Waals surface area contributed by atoms with E-state index in [1.54, 1.807) is 16.8 Å². The van der Waals surface area contributed by atoms with E-state index >= 15 is 0 Å². The summed E-state index contributed by atoms with van der Waals surface area (Å²) in [4.78, 5) is 0. The van der Waals surface area contributed by atoms with Crippen LogP contribution in [0.15, 0.2) is 35.6 Å². The maximum atomic E-state index is 8.62. The first-order chi connectivity index (χ1) is 9.60. The predicted molar refractivity (Wildman–Crippen MR) is 77.7 cm³/mol. The summed E-state index contributed by atoms with van der Waals surface area (Å²) in [6, 6.07) is 7.24. The summed E-state index contributed by atoms with van der Waals surface area (Å²) in [6.07, 6.45) is 1.90. The average Bonchev–Trinajstić information content (AvgIpc) is 2.85. The van der Waals surface area contributed by atoms with Gasteiger partial charge in [-0.1, -0.05) is 28.9 Å². The average molecular weight is 294 g/mol. The van der Waals surface area contributed by atoms with Crippen LogP contribution in [0.4, 0.5) is 0 Å². The van der Waals surface area contributed by atoms with Gasteiger partial charge >= 0.3 is 0 Å². The van der Waals surface area contributed by atoms with Crippen molar-refractivity contribution < 1.29 is 5.21 Å². The highest BCUT2D eigenvalue weighted by Crippen LogP contribution is 2.18. The minimum absolute atomic E-state index is 0.0416. The second kappa shape index (κ2) is 6.40. The van der Waals surface area contributed by atoms with Gasteiger partial charge in [-0.25, -0.2) is 0 Å². The minimum Gasteiger partial charge on any atom is -0.409 e. The van der Waals surface area contributed by atoms with Gasteiger partial charge in [-0.2, -0.15) is 5.10 Å². The molecule has 2 rings (SSSR count). The zero-order valence-electron chi connectivity index (χ0n) is 11.0. The van der Waals surface area contributed by atoms with E-state index in [9.17, 15) is 0 Å². The number of oxime groups is 1. The SMILES string of the molecule is Cn1ccc(CNCc2ccc(/C(N)=N/O)cc2Cl)n1. The van der Waals surface area contributed by atoms with Crippen LogP contribution in [0.1, 0.15) is 16.8 Å². The fraction of sp³-hybridized carbons (Fsp3) is 0.231. The second-order valence-corrected chi connectivity index (χ2v) is 4.78. The number of nitrogens with one attached hydrogen (secondary N) is 1. The first-order valence-electron chi connectivity index (χ1n) is 6.05. The summed E-state index contributed by atoms with van der Waals surface area (Å²) in [5, 5.41) is 19.7. The minimum atomic E-state index is 0.0416. The lowest BCUT2D eigenvalue weighted by molar-refractivity contribution is 0.318. The van der Waals surface area contributed by atoms with Crippen molar-refractivity contribution in [2.45, 2.75) is 13.1 Å². The standard InChI is InChI=1S/C13H16ClN5O/c1-19-5-4-11(17-19)8-16-7-10-3-2-9(6-12(10)14)13(15)18-20/h2-6,16,20H,7-8H2,1H3,(H2,15,18). The van der Waals surface area contributed by atoms with Gasteiger partial charge in [-0.05, 0) is 17.7 Å². The van der Waals surface area contributed by atoms with Gasteiger partial charge in [0.15, 0.2) is 5.84 Å². The Morgan fingerprint density at radius 2 is 2.25 bits per heavy atom. The largest absolute Gasteiger partial charge is 0.409 e. The van der Waals surface area contributed by atoms with Crippen LogP contribution in [0.5, 0.6) is 0 Å². The number of aryl methyl sites for hydroxylation is 1. The lowest BCUT2D eigenvalue weighted by Gasteiger charge is -2.07. The number of hydrogen-bond acceptors (Lipinski definition) is 4. The molecular weight excluding hydrogens is 278 g/mol. The summed E-state index contributed by atoms with van der Waals surface area (Å²) in [6.45, 7) is 1.28. The molecule has 0 fully saturated rings. The van der Waals surface area contributed by atoms with Crippen molar-refractivity contribution in [2.24, 2.45) is 17.9 Å². The molecule has 1 heterocycles. The van der Waals surface area contributed by atoms with Crippen molar-refractivity contribution in [1.82, 2.24) is 15.1 Å². The van der Waals surface area contributed by atoms with Gasteiger partial charge in [0.05, 0.1) is 5.69 Å². The Morgan fingerprint density at radius 3 is 2.85 bits per heavy atom. The number of nitrogens with two attached hydrogens (primary N) is 1. The van der Waals surface area contributed by atoms with Gasteiger partial charge in [0.25, 0.3) is 0 Å². The molecule has 0 radical (unpaired) electrons. The van der Waals surface area contributed by atoms with Crippen molar-refractivity contribution in [3.05, 3.63) is 52.3 Å². The molecule has 0 spiro atoms. The van der Waals surface area contributed by atoms with E-state index in [2.05, 4.69) is 15.6 Å². The van der Waals surface area contributed by atoms with Crippen LogP contribution in [0.2, 0.25) is 5.02 Å². The van der Waals surface area contributed by atoms with Gasteiger partial charge in [-0.3, -0.25) is 4.68 Å². The monoisotopic (exact) mass is 293 g/mol. The molecule has 0 unspecified atom stereocenters. The Bertz CT molecular complexity index is 623. The van der Waals surface area contributed by atoms with Crippen molar-refractivity contribution >= 4 is 17.4 Å². The van der Waals surface area contributed by atoms with Crippen LogP contribution in [0.25, 0.3) is 0 Å². The molecule has 20 heavy (non-hydrogen) atoms. The highest BCUT2D eigenvalue weighted by molar-refractivity contribution is 6.31. The molecule has 0 saturated carbocycles. The molecule has 0 bridgehead atoms. The van der Waals surface area contributed by atoms with Crippen LogP contribution in [0, 0.1) is 0 Å². The third-order valence-corrected chi connectivity index (χ3v) is 3.20. The number of benzene rings is 1. The summed E-state index contributed by atoms with van der Waals surface area (Å²) < 4.78 is 1.76. The molecule has 2 aromatic rings. The van der Waals surface area contributed by atoms with Crippen LogP contribution in [-0.2, 0) is 20.1 Å². The zero-order valence-corrected chi connectivity index (χ0v) is 11.8. The molecule has 106 valence electrons. The van der Waals surface area contributed by atoms with Crippen LogP contribution in [-0.4, -0.2) is 20.8 Å². The number of amidine groups is 1. The van der Waals surface area contributed by atoms with Crippen LogP contribution in [0.3, 0.4) is 0 Å². The Labute approximate surface area is 121 Å². The molecule has 1 aromatic heterocycles. The molecule has 0 atom stereocenters. The summed E-state index contributed by atoms with van der Waals surface area (Å²) in [5.74, 6) is 0.0416. The maximum absolute atomic E-state index is 8.62. The van der Waals surface area contributed by atoms with Crippen molar-refractivity contribution in [3.63, 3.8) is 0 Å². The molecule has 0 aliphatic carbocycles. The molecule has 0 aliphatic rings. The number of aromatic nitrogens is 2. The highest BCUT2D eigenvalue weighted by atomic mass is 35.5. The third-order valence-electron chi connectivity index (χ3n) is 2.85. The fourth-order valence-electron chi connectivity index (χ4n) is 1.79. The van der Waals surface area contributed by atoms with E-state index < -0.39 is 0 Å². The van der Waals surface area contributed by atoms with Crippen LogP contribution < -0.4 is 11.1 Å². The topological polar surface area (TPSA) is 88.5 Å². The Morgan fingerprint density at radius 1 is 1.45 bits per heavy atom. The van der Waals surface area contributed by atoms with E-state index in [0.717, 1.165) is 11.3 Å². The van der Waals surface area contributed by atoms with Gasteiger partial charge in [-0.15, -0.1) is 0 Å². The summed E-state index contributed by atoms with van der Waals surface area (Å²) in [5.41, 5.74) is 8.01. The summed E-state index contributed by atoms with van der Waals surface area (Å²) in [7, 11) is 1.88. The number of nitrogens with zero attached hydrogens (tertiary/aromatic N) is 3. The van der Waals surface area contributed by atoms with Gasteiger partial charge in [0.2, 0.25) is 0 Å². The number of rotatable bonds is 5.